The van der Waals surface area contributed by atoms with Gasteiger partial charge in [0.25, 0.3) is 0 Å². The Balaban J connectivity index is 2.52. The third-order valence-electron chi connectivity index (χ3n) is 4.64. The molecule has 1 saturated heterocycles. The van der Waals surface area contributed by atoms with Gasteiger partial charge in [0.15, 0.2) is 5.96 Å². The number of hydrogen-bond acceptors (Lipinski definition) is 1. The van der Waals surface area contributed by atoms with Crippen molar-refractivity contribution >= 4 is 5.96 Å². The predicted octanol–water partition coefficient (Wildman–Crippen LogP) is 4.63. The van der Waals surface area contributed by atoms with E-state index in [9.17, 15) is 0 Å². The number of aliphatic imine (C=N–C) groups is 1. The Morgan fingerprint density at radius 1 is 1.14 bits per heavy atom. The van der Waals surface area contributed by atoms with Gasteiger partial charge in [0, 0.05) is 26.7 Å². The summed E-state index contributed by atoms with van der Waals surface area (Å²) in [5.74, 6) is 2.03. The molecule has 0 saturated carbocycles. The van der Waals surface area contributed by atoms with Crippen molar-refractivity contribution in [2.75, 3.05) is 26.7 Å². The van der Waals surface area contributed by atoms with Gasteiger partial charge in [0.2, 0.25) is 0 Å². The molecule has 0 radical (unpaired) electrons. The topological polar surface area (TPSA) is 18.8 Å². The molecule has 0 aromatic heterocycles. The van der Waals surface area contributed by atoms with Crippen LogP contribution in [0, 0.1) is 11.3 Å². The summed E-state index contributed by atoms with van der Waals surface area (Å²) in [4.78, 5) is 9.69. The molecule has 130 valence electrons. The van der Waals surface area contributed by atoms with Crippen LogP contribution in [0.2, 0.25) is 0 Å². The molecule has 0 aromatic rings. The maximum absolute atomic E-state index is 4.92. The van der Waals surface area contributed by atoms with Gasteiger partial charge < -0.3 is 9.80 Å². The van der Waals surface area contributed by atoms with Crippen molar-refractivity contribution in [3.05, 3.63) is 0 Å². The van der Waals surface area contributed by atoms with Gasteiger partial charge in [-0.3, -0.25) is 0 Å². The van der Waals surface area contributed by atoms with Gasteiger partial charge in [-0.05, 0) is 51.4 Å². The van der Waals surface area contributed by atoms with E-state index in [1.807, 2.05) is 0 Å². The highest BCUT2D eigenvalue weighted by molar-refractivity contribution is 5.82. The minimum absolute atomic E-state index is 0.00200. The van der Waals surface area contributed by atoms with Crippen molar-refractivity contribution in [2.45, 2.75) is 79.7 Å². The van der Waals surface area contributed by atoms with E-state index in [4.69, 9.17) is 4.99 Å². The summed E-state index contributed by atoms with van der Waals surface area (Å²) in [6.45, 7) is 19.4. The summed E-state index contributed by atoms with van der Waals surface area (Å²) < 4.78 is 0. The monoisotopic (exact) mass is 309 g/mol. The van der Waals surface area contributed by atoms with Gasteiger partial charge in [-0.2, -0.15) is 0 Å². The Morgan fingerprint density at radius 3 is 2.32 bits per heavy atom. The summed E-state index contributed by atoms with van der Waals surface area (Å²) in [6.07, 6.45) is 5.20. The lowest BCUT2D eigenvalue weighted by molar-refractivity contribution is 0.239. The largest absolute Gasteiger partial charge is 0.344 e. The SMILES string of the molecule is CCC(C)CC(C)(C)CCCN1CCN(C)C1=NC(C)(C)C. The zero-order valence-corrected chi connectivity index (χ0v) is 16.4. The molecule has 0 spiro atoms. The molecule has 0 bridgehead atoms. The van der Waals surface area contributed by atoms with E-state index in [0.717, 1.165) is 25.6 Å². The van der Waals surface area contributed by atoms with Crippen LogP contribution < -0.4 is 0 Å². The van der Waals surface area contributed by atoms with Gasteiger partial charge in [0.1, 0.15) is 0 Å². The standard InChI is InChI=1S/C19H39N3/c1-9-16(2)15-19(6,7)11-10-12-22-14-13-21(8)17(22)20-18(3,4)5/h16H,9-15H2,1-8H3. The number of rotatable bonds is 7. The molecule has 1 unspecified atom stereocenters. The van der Waals surface area contributed by atoms with E-state index in [0.29, 0.717) is 5.41 Å². The minimum atomic E-state index is 0.00200. The number of likely N-dealkylation sites (N-methyl/N-ethyl adjacent to an activating group) is 1. The molecule has 0 amide bonds. The van der Waals surface area contributed by atoms with Crippen LogP contribution in [-0.2, 0) is 0 Å². The molecule has 0 aliphatic carbocycles. The van der Waals surface area contributed by atoms with E-state index < -0.39 is 0 Å². The smallest absolute Gasteiger partial charge is 0.196 e. The van der Waals surface area contributed by atoms with Crippen LogP contribution >= 0.6 is 0 Å². The van der Waals surface area contributed by atoms with Crippen LogP contribution in [0.4, 0.5) is 0 Å². The van der Waals surface area contributed by atoms with Crippen LogP contribution in [0.15, 0.2) is 4.99 Å². The fraction of sp³-hybridized carbons (Fsp3) is 0.947. The number of hydrogen-bond donors (Lipinski definition) is 0. The van der Waals surface area contributed by atoms with Gasteiger partial charge in [-0.1, -0.05) is 34.1 Å². The van der Waals surface area contributed by atoms with E-state index in [1.54, 1.807) is 0 Å². The van der Waals surface area contributed by atoms with Crippen molar-refractivity contribution in [1.29, 1.82) is 0 Å². The Bertz CT molecular complexity index is 365. The number of guanidine groups is 1. The molecule has 22 heavy (non-hydrogen) atoms. The Hall–Kier alpha value is -0.730. The highest BCUT2D eigenvalue weighted by atomic mass is 15.4. The van der Waals surface area contributed by atoms with Crippen LogP contribution in [-0.4, -0.2) is 48.0 Å². The Labute approximate surface area is 139 Å². The molecule has 1 rings (SSSR count). The average Bonchev–Trinajstić information content (AvgIpc) is 2.68. The second-order valence-electron chi connectivity index (χ2n) is 8.98. The first-order valence-electron chi connectivity index (χ1n) is 9.10. The maximum atomic E-state index is 4.92. The lowest BCUT2D eigenvalue weighted by Crippen LogP contribution is -2.35. The Morgan fingerprint density at radius 2 is 1.77 bits per heavy atom. The van der Waals surface area contributed by atoms with Gasteiger partial charge in [0.05, 0.1) is 5.54 Å². The first kappa shape index (κ1) is 19.3. The highest BCUT2D eigenvalue weighted by Crippen LogP contribution is 2.32. The zero-order valence-electron chi connectivity index (χ0n) is 16.4. The van der Waals surface area contributed by atoms with Crippen LogP contribution in [0.5, 0.6) is 0 Å². The normalized spacial score (nSPS) is 20.1. The predicted molar refractivity (Wildman–Crippen MR) is 98.5 cm³/mol. The number of nitrogens with zero attached hydrogens (tertiary/aromatic N) is 3. The lowest BCUT2D eigenvalue weighted by Gasteiger charge is -2.29. The maximum Gasteiger partial charge on any atom is 0.196 e. The summed E-state index contributed by atoms with van der Waals surface area (Å²) >= 11 is 0. The molecular weight excluding hydrogens is 270 g/mol. The Kier molecular flexibility index (Phi) is 6.76. The first-order valence-corrected chi connectivity index (χ1v) is 9.10. The third kappa shape index (κ3) is 6.58. The van der Waals surface area contributed by atoms with E-state index in [2.05, 4.69) is 65.3 Å². The van der Waals surface area contributed by atoms with Gasteiger partial charge in [-0.15, -0.1) is 0 Å². The second-order valence-corrected chi connectivity index (χ2v) is 8.98. The van der Waals surface area contributed by atoms with E-state index in [-0.39, 0.29) is 5.54 Å². The van der Waals surface area contributed by atoms with Crippen molar-refractivity contribution in [1.82, 2.24) is 9.80 Å². The lowest BCUT2D eigenvalue weighted by atomic mass is 9.79. The van der Waals surface area contributed by atoms with Crippen molar-refractivity contribution < 1.29 is 0 Å². The molecular formula is C19H39N3. The molecule has 3 nitrogen and oxygen atoms in total. The van der Waals surface area contributed by atoms with Crippen LogP contribution in [0.3, 0.4) is 0 Å². The fourth-order valence-electron chi connectivity index (χ4n) is 3.32. The summed E-state index contributed by atoms with van der Waals surface area (Å²) in [5.41, 5.74) is 0.463. The first-order chi connectivity index (χ1) is 10.0. The molecule has 0 aromatic carbocycles. The molecule has 1 heterocycles. The van der Waals surface area contributed by atoms with Gasteiger partial charge in [-0.25, -0.2) is 4.99 Å². The van der Waals surface area contributed by atoms with Crippen molar-refractivity contribution in [2.24, 2.45) is 16.3 Å². The average molecular weight is 310 g/mol. The molecule has 1 aliphatic rings. The van der Waals surface area contributed by atoms with E-state index >= 15 is 0 Å². The molecule has 1 atom stereocenters. The fourth-order valence-corrected chi connectivity index (χ4v) is 3.32. The zero-order chi connectivity index (χ0) is 17.0. The summed E-state index contributed by atoms with van der Waals surface area (Å²) in [5, 5.41) is 0. The molecule has 0 N–H and O–H groups in total. The van der Waals surface area contributed by atoms with E-state index in [1.165, 1.54) is 31.6 Å². The highest BCUT2D eigenvalue weighted by Gasteiger charge is 2.26. The molecule has 1 aliphatic heterocycles. The third-order valence-corrected chi connectivity index (χ3v) is 4.64. The van der Waals surface area contributed by atoms with Crippen LogP contribution in [0.1, 0.15) is 74.1 Å². The van der Waals surface area contributed by atoms with Crippen LogP contribution in [0.25, 0.3) is 0 Å². The molecule has 1 fully saturated rings. The summed E-state index contributed by atoms with van der Waals surface area (Å²) in [7, 11) is 2.16. The van der Waals surface area contributed by atoms with Gasteiger partial charge >= 0.3 is 0 Å². The minimum Gasteiger partial charge on any atom is -0.344 e. The van der Waals surface area contributed by atoms with Crippen molar-refractivity contribution in [3.8, 4) is 0 Å². The molecule has 3 heteroatoms. The van der Waals surface area contributed by atoms with Crippen molar-refractivity contribution in [3.63, 3.8) is 0 Å². The summed E-state index contributed by atoms with van der Waals surface area (Å²) in [6, 6.07) is 0. The quantitative estimate of drug-likeness (QED) is 0.683. The second kappa shape index (κ2) is 7.70.